The molecule has 1 atom stereocenters. The van der Waals surface area contributed by atoms with Gasteiger partial charge in [0.25, 0.3) is 0 Å². The number of methoxy groups -OCH3 is 1. The summed E-state index contributed by atoms with van der Waals surface area (Å²) in [7, 11) is 3.77. The van der Waals surface area contributed by atoms with Gasteiger partial charge >= 0.3 is 0 Å². The highest BCUT2D eigenvalue weighted by Gasteiger charge is 2.45. The molecule has 6 heteroatoms. The second kappa shape index (κ2) is 7.03. The van der Waals surface area contributed by atoms with Gasteiger partial charge in [0.2, 0.25) is 5.91 Å². The summed E-state index contributed by atoms with van der Waals surface area (Å²) in [5.41, 5.74) is 3.69. The number of hydrogen-bond donors (Lipinski definition) is 2. The first-order valence-electron chi connectivity index (χ1n) is 10.8. The molecule has 0 radical (unpaired) electrons. The van der Waals surface area contributed by atoms with Crippen LogP contribution in [0.15, 0.2) is 18.2 Å². The molecule has 6 nitrogen and oxygen atoms in total. The number of carbonyl (C=O) groups is 1. The Morgan fingerprint density at radius 2 is 2.07 bits per heavy atom. The predicted molar refractivity (Wildman–Crippen MR) is 112 cm³/mol. The number of carbonyl (C=O) groups excluding carboxylic acids is 1. The molecular formula is C23H31N3O3. The Morgan fingerprint density at radius 3 is 2.72 bits per heavy atom. The standard InChI is InChI=1S/C23H31N3O3/c1-25-19-12-16(29-2)5-6-17(19)21-22(25)18(13-27)24-14-23(21)7-9-26(10-8-23)20(28)11-15-3-4-15/h5-6,12,15,18,24,27H,3-4,7-11,13-14H2,1-2H3/t18-/m0/s1. The minimum Gasteiger partial charge on any atom is -0.497 e. The van der Waals surface area contributed by atoms with Crippen LogP contribution in [0.1, 0.15) is 49.4 Å². The smallest absolute Gasteiger partial charge is 0.222 e. The van der Waals surface area contributed by atoms with Gasteiger partial charge in [-0.05, 0) is 49.3 Å². The summed E-state index contributed by atoms with van der Waals surface area (Å²) < 4.78 is 7.67. The van der Waals surface area contributed by atoms with E-state index in [-0.39, 0.29) is 18.1 Å². The van der Waals surface area contributed by atoms with Crippen LogP contribution in [0.25, 0.3) is 10.9 Å². The Hall–Kier alpha value is -2.05. The van der Waals surface area contributed by atoms with Crippen molar-refractivity contribution in [2.45, 2.75) is 43.6 Å². The third kappa shape index (κ3) is 3.04. The van der Waals surface area contributed by atoms with E-state index >= 15 is 0 Å². The first-order valence-corrected chi connectivity index (χ1v) is 10.8. The van der Waals surface area contributed by atoms with Crippen molar-refractivity contribution >= 4 is 16.8 Å². The average molecular weight is 398 g/mol. The molecule has 1 spiro atoms. The van der Waals surface area contributed by atoms with Crippen LogP contribution < -0.4 is 10.1 Å². The van der Waals surface area contributed by atoms with Crippen LogP contribution in [0.3, 0.4) is 0 Å². The number of aliphatic hydroxyl groups excluding tert-OH is 1. The second-order valence-corrected chi connectivity index (χ2v) is 9.13. The molecule has 2 N–H and O–H groups in total. The first kappa shape index (κ1) is 18.9. The summed E-state index contributed by atoms with van der Waals surface area (Å²) in [5, 5.41) is 14.9. The fraction of sp³-hybridized carbons (Fsp3) is 0.609. The lowest BCUT2D eigenvalue weighted by Crippen LogP contribution is -2.53. The van der Waals surface area contributed by atoms with Gasteiger partial charge in [0.1, 0.15) is 5.75 Å². The molecule has 29 heavy (non-hydrogen) atoms. The molecule has 1 aromatic heterocycles. The molecule has 3 aliphatic rings. The van der Waals surface area contributed by atoms with Gasteiger partial charge < -0.3 is 24.6 Å². The maximum absolute atomic E-state index is 12.6. The number of nitrogens with one attached hydrogen (secondary N) is 1. The number of fused-ring (bicyclic) bond motifs is 4. The van der Waals surface area contributed by atoms with Gasteiger partial charge in [-0.25, -0.2) is 0 Å². The van der Waals surface area contributed by atoms with Crippen molar-refractivity contribution in [2.24, 2.45) is 13.0 Å². The lowest BCUT2D eigenvalue weighted by atomic mass is 9.69. The minimum atomic E-state index is -0.0615. The van der Waals surface area contributed by atoms with Gasteiger partial charge in [0, 0.05) is 55.7 Å². The summed E-state index contributed by atoms with van der Waals surface area (Å²) in [6.07, 6.45) is 5.11. The van der Waals surface area contributed by atoms with Gasteiger partial charge in [0.15, 0.2) is 0 Å². The summed E-state index contributed by atoms with van der Waals surface area (Å²) in [6.45, 7) is 2.57. The topological polar surface area (TPSA) is 66.7 Å². The molecule has 2 fully saturated rings. The zero-order chi connectivity index (χ0) is 20.2. The van der Waals surface area contributed by atoms with Gasteiger partial charge in [-0.2, -0.15) is 0 Å². The first-order chi connectivity index (χ1) is 14.1. The van der Waals surface area contributed by atoms with Crippen molar-refractivity contribution < 1.29 is 14.6 Å². The van der Waals surface area contributed by atoms with Crippen LogP contribution in [-0.4, -0.2) is 53.8 Å². The molecule has 156 valence electrons. The van der Waals surface area contributed by atoms with Gasteiger partial charge in [0.05, 0.1) is 25.3 Å². The zero-order valence-electron chi connectivity index (χ0n) is 17.4. The molecule has 0 bridgehead atoms. The number of amides is 1. The number of aliphatic hydroxyl groups is 1. The van der Waals surface area contributed by atoms with Crippen LogP contribution in [0, 0.1) is 5.92 Å². The van der Waals surface area contributed by atoms with Crippen molar-refractivity contribution in [3.05, 3.63) is 29.5 Å². The highest BCUT2D eigenvalue weighted by molar-refractivity contribution is 5.88. The van der Waals surface area contributed by atoms with Crippen LogP contribution in [0.4, 0.5) is 0 Å². The maximum Gasteiger partial charge on any atom is 0.222 e. The van der Waals surface area contributed by atoms with E-state index < -0.39 is 0 Å². The SMILES string of the molecule is COc1ccc2c3c(n(C)c2c1)[C@H](CO)NCC31CCN(C(=O)CC2CC2)CC1. The number of nitrogens with zero attached hydrogens (tertiary/aromatic N) is 2. The average Bonchev–Trinajstić information content (AvgIpc) is 3.52. The second-order valence-electron chi connectivity index (χ2n) is 9.13. The maximum atomic E-state index is 12.6. The molecule has 0 unspecified atom stereocenters. The Balaban J connectivity index is 1.52. The van der Waals surface area contributed by atoms with Crippen molar-refractivity contribution in [2.75, 3.05) is 33.4 Å². The quantitative estimate of drug-likeness (QED) is 0.832. The van der Waals surface area contributed by atoms with Gasteiger partial charge in [-0.1, -0.05) is 0 Å². The van der Waals surface area contributed by atoms with Gasteiger partial charge in [-0.15, -0.1) is 0 Å². The molecule has 2 aromatic rings. The summed E-state index contributed by atoms with van der Waals surface area (Å²) in [5.74, 6) is 1.82. The van der Waals surface area contributed by atoms with E-state index in [0.29, 0.717) is 11.8 Å². The van der Waals surface area contributed by atoms with Crippen molar-refractivity contribution in [3.8, 4) is 5.75 Å². The molecule has 5 rings (SSSR count). The lowest BCUT2D eigenvalue weighted by molar-refractivity contribution is -0.133. The van der Waals surface area contributed by atoms with E-state index in [1.54, 1.807) is 7.11 Å². The Labute approximate surface area is 171 Å². The molecule has 1 saturated carbocycles. The number of aryl methyl sites for hydroxylation is 1. The summed E-state index contributed by atoms with van der Waals surface area (Å²) in [6, 6.07) is 6.22. The normalized spacial score (nSPS) is 23.4. The fourth-order valence-electron chi connectivity index (χ4n) is 5.49. The van der Waals surface area contributed by atoms with Crippen molar-refractivity contribution in [1.29, 1.82) is 0 Å². The minimum absolute atomic E-state index is 0.00542. The third-order valence-corrected chi connectivity index (χ3v) is 7.42. The molecule has 1 aliphatic carbocycles. The number of piperidine rings is 1. The van der Waals surface area contributed by atoms with E-state index in [1.807, 2.05) is 6.07 Å². The number of ether oxygens (including phenoxy) is 1. The van der Waals surface area contributed by atoms with E-state index in [0.717, 1.165) is 50.2 Å². The van der Waals surface area contributed by atoms with E-state index in [9.17, 15) is 9.90 Å². The van der Waals surface area contributed by atoms with Crippen molar-refractivity contribution in [1.82, 2.24) is 14.8 Å². The summed E-state index contributed by atoms with van der Waals surface area (Å²) in [4.78, 5) is 14.7. The Bertz CT molecular complexity index is 938. The Morgan fingerprint density at radius 1 is 1.31 bits per heavy atom. The largest absolute Gasteiger partial charge is 0.497 e. The monoisotopic (exact) mass is 397 g/mol. The van der Waals surface area contributed by atoms with E-state index in [4.69, 9.17) is 4.74 Å². The van der Waals surface area contributed by atoms with Crippen LogP contribution in [0.2, 0.25) is 0 Å². The molecular weight excluding hydrogens is 366 g/mol. The molecule has 2 aliphatic heterocycles. The van der Waals surface area contributed by atoms with Crippen molar-refractivity contribution in [3.63, 3.8) is 0 Å². The van der Waals surface area contributed by atoms with E-state index in [2.05, 4.69) is 34.0 Å². The van der Waals surface area contributed by atoms with Crippen LogP contribution >= 0.6 is 0 Å². The number of benzene rings is 1. The van der Waals surface area contributed by atoms with Crippen LogP contribution in [-0.2, 0) is 17.3 Å². The number of likely N-dealkylation sites (tertiary alicyclic amines) is 1. The number of aromatic nitrogens is 1. The lowest BCUT2D eigenvalue weighted by Gasteiger charge is -2.46. The van der Waals surface area contributed by atoms with Gasteiger partial charge in [-0.3, -0.25) is 4.79 Å². The number of hydrogen-bond acceptors (Lipinski definition) is 4. The molecule has 1 aromatic carbocycles. The van der Waals surface area contributed by atoms with E-state index in [1.165, 1.54) is 29.5 Å². The zero-order valence-corrected chi connectivity index (χ0v) is 17.4. The fourth-order valence-corrected chi connectivity index (χ4v) is 5.49. The molecule has 3 heterocycles. The number of rotatable bonds is 4. The summed E-state index contributed by atoms with van der Waals surface area (Å²) >= 11 is 0. The third-order valence-electron chi connectivity index (χ3n) is 7.42. The predicted octanol–water partition coefficient (Wildman–Crippen LogP) is 2.48. The molecule has 1 saturated heterocycles. The Kier molecular flexibility index (Phi) is 4.59. The molecule has 1 amide bonds. The highest BCUT2D eigenvalue weighted by Crippen LogP contribution is 2.47. The highest BCUT2D eigenvalue weighted by atomic mass is 16.5. The van der Waals surface area contributed by atoms with Crippen LogP contribution in [0.5, 0.6) is 5.75 Å².